The zero-order valence-electron chi connectivity index (χ0n) is 15.3. The van der Waals surface area contributed by atoms with E-state index in [0.717, 1.165) is 0 Å². The molecule has 29 heavy (non-hydrogen) atoms. The van der Waals surface area contributed by atoms with Crippen LogP contribution in [0.15, 0.2) is 54.9 Å². The predicted octanol–water partition coefficient (Wildman–Crippen LogP) is 4.70. The summed E-state index contributed by atoms with van der Waals surface area (Å²) in [6, 6.07) is 13.1. The zero-order chi connectivity index (χ0) is 20.8. The molecule has 0 atom stereocenters. The van der Waals surface area contributed by atoms with Crippen molar-refractivity contribution in [3.8, 4) is 0 Å². The minimum atomic E-state index is -0.604. The fraction of sp³-hybridized carbons (Fsp3) is 0.105. The lowest BCUT2D eigenvalue weighted by molar-refractivity contribution is -0.383. The Hall–Kier alpha value is -3.72. The second-order valence-corrected chi connectivity index (χ2v) is 6.14. The topological polar surface area (TPSA) is 119 Å². The van der Waals surface area contributed by atoms with Crippen LogP contribution in [0.2, 0.25) is 5.02 Å². The molecule has 0 unspecified atom stereocenters. The standard InChI is InChI=1S/C19H16ClN5O4/c1-2-29-19(26)14-5-3-4-6-15(14)24-18-16(25(27)28)17(21-11-22-18)23-13-9-7-12(20)8-10-13/h3-11H,2H2,1H3,(H2,21,22,23,24). The van der Waals surface area contributed by atoms with Crippen LogP contribution in [0, 0.1) is 10.1 Å². The largest absolute Gasteiger partial charge is 0.462 e. The molecular formula is C19H16ClN5O4. The maximum absolute atomic E-state index is 12.2. The maximum atomic E-state index is 12.2. The van der Waals surface area contributed by atoms with Crippen molar-refractivity contribution in [1.82, 2.24) is 9.97 Å². The van der Waals surface area contributed by atoms with Gasteiger partial charge in [0.1, 0.15) is 6.33 Å². The zero-order valence-corrected chi connectivity index (χ0v) is 16.0. The maximum Gasteiger partial charge on any atom is 0.353 e. The van der Waals surface area contributed by atoms with Crippen LogP contribution in [0.4, 0.5) is 28.7 Å². The van der Waals surface area contributed by atoms with Crippen LogP contribution in [0.25, 0.3) is 0 Å². The summed E-state index contributed by atoms with van der Waals surface area (Å²) >= 11 is 5.87. The number of hydrogen-bond acceptors (Lipinski definition) is 8. The number of nitrogens with one attached hydrogen (secondary N) is 2. The number of nitro groups is 1. The summed E-state index contributed by atoms with van der Waals surface area (Å²) in [5.41, 5.74) is 0.745. The first-order valence-electron chi connectivity index (χ1n) is 8.54. The number of rotatable bonds is 7. The highest BCUT2D eigenvalue weighted by Gasteiger charge is 2.24. The van der Waals surface area contributed by atoms with Crippen molar-refractivity contribution < 1.29 is 14.5 Å². The number of hydrogen-bond donors (Lipinski definition) is 2. The van der Waals surface area contributed by atoms with E-state index in [0.29, 0.717) is 16.4 Å². The molecule has 0 bridgehead atoms. The van der Waals surface area contributed by atoms with E-state index in [2.05, 4.69) is 20.6 Å². The number of carbonyl (C=O) groups excluding carboxylic acids is 1. The SMILES string of the molecule is CCOC(=O)c1ccccc1Nc1ncnc(Nc2ccc(Cl)cc2)c1[N+](=O)[O-]. The fourth-order valence-electron chi connectivity index (χ4n) is 2.51. The first kappa shape index (κ1) is 20.0. The minimum Gasteiger partial charge on any atom is -0.462 e. The first-order chi connectivity index (χ1) is 14.0. The van der Waals surface area contributed by atoms with Crippen LogP contribution in [0.5, 0.6) is 0 Å². The van der Waals surface area contributed by atoms with E-state index < -0.39 is 10.9 Å². The number of ether oxygens (including phenoxy) is 1. The third-order valence-corrected chi connectivity index (χ3v) is 4.04. The third-order valence-electron chi connectivity index (χ3n) is 3.79. The van der Waals surface area contributed by atoms with Gasteiger partial charge in [-0.3, -0.25) is 10.1 Å². The summed E-state index contributed by atoms with van der Waals surface area (Å²) in [5, 5.41) is 18.0. The molecule has 2 N–H and O–H groups in total. The number of halogens is 1. The highest BCUT2D eigenvalue weighted by atomic mass is 35.5. The molecule has 0 aliphatic carbocycles. The number of anilines is 4. The van der Waals surface area contributed by atoms with Gasteiger partial charge in [-0.25, -0.2) is 14.8 Å². The van der Waals surface area contributed by atoms with Crippen LogP contribution < -0.4 is 10.6 Å². The van der Waals surface area contributed by atoms with Gasteiger partial charge in [-0.2, -0.15) is 0 Å². The van der Waals surface area contributed by atoms with Gasteiger partial charge in [-0.15, -0.1) is 0 Å². The molecule has 148 valence electrons. The molecule has 0 saturated heterocycles. The molecule has 0 amide bonds. The molecule has 0 aliphatic rings. The molecule has 10 heteroatoms. The van der Waals surface area contributed by atoms with Crippen molar-refractivity contribution in [2.75, 3.05) is 17.2 Å². The van der Waals surface area contributed by atoms with E-state index in [1.54, 1.807) is 55.5 Å². The Bertz CT molecular complexity index is 1040. The average Bonchev–Trinajstić information content (AvgIpc) is 2.70. The van der Waals surface area contributed by atoms with Gasteiger partial charge in [-0.05, 0) is 43.3 Å². The summed E-state index contributed by atoms with van der Waals surface area (Å²) in [6.45, 7) is 1.90. The van der Waals surface area contributed by atoms with Crippen molar-refractivity contribution in [3.05, 3.63) is 75.6 Å². The van der Waals surface area contributed by atoms with Gasteiger partial charge >= 0.3 is 11.7 Å². The van der Waals surface area contributed by atoms with Gasteiger partial charge < -0.3 is 15.4 Å². The summed E-state index contributed by atoms with van der Waals surface area (Å²) in [7, 11) is 0. The Kier molecular flexibility index (Phi) is 6.20. The van der Waals surface area contributed by atoms with Gasteiger partial charge in [0.05, 0.1) is 22.8 Å². The van der Waals surface area contributed by atoms with E-state index in [1.807, 2.05) is 0 Å². The predicted molar refractivity (Wildman–Crippen MR) is 109 cm³/mol. The molecule has 9 nitrogen and oxygen atoms in total. The number of para-hydroxylation sites is 1. The quantitative estimate of drug-likeness (QED) is 0.325. The van der Waals surface area contributed by atoms with Crippen LogP contribution >= 0.6 is 11.6 Å². The molecule has 0 fully saturated rings. The van der Waals surface area contributed by atoms with Crippen LogP contribution in [-0.2, 0) is 4.74 Å². The molecule has 1 heterocycles. The number of esters is 1. The first-order valence-corrected chi connectivity index (χ1v) is 8.92. The van der Waals surface area contributed by atoms with Gasteiger partial charge in [0.2, 0.25) is 11.6 Å². The van der Waals surface area contributed by atoms with Gasteiger partial charge in [0.15, 0.2) is 0 Å². The molecule has 0 spiro atoms. The Morgan fingerprint density at radius 2 is 1.76 bits per heavy atom. The third kappa shape index (κ3) is 4.77. The summed E-state index contributed by atoms with van der Waals surface area (Å²) in [6.07, 6.45) is 1.18. The second-order valence-electron chi connectivity index (χ2n) is 5.70. The molecule has 0 aliphatic heterocycles. The highest BCUT2D eigenvalue weighted by Crippen LogP contribution is 2.34. The van der Waals surface area contributed by atoms with Crippen molar-refractivity contribution in [2.24, 2.45) is 0 Å². The summed E-state index contributed by atoms with van der Waals surface area (Å²) < 4.78 is 5.03. The molecule has 2 aromatic carbocycles. The number of aromatic nitrogens is 2. The summed E-state index contributed by atoms with van der Waals surface area (Å²) in [5.74, 6) is -0.631. The lowest BCUT2D eigenvalue weighted by Gasteiger charge is -2.12. The Balaban J connectivity index is 1.98. The molecular weight excluding hydrogens is 398 g/mol. The Morgan fingerprint density at radius 1 is 1.10 bits per heavy atom. The van der Waals surface area contributed by atoms with Gasteiger partial charge in [-0.1, -0.05) is 23.7 Å². The molecule has 1 aromatic heterocycles. The second kappa shape index (κ2) is 8.98. The average molecular weight is 414 g/mol. The highest BCUT2D eigenvalue weighted by molar-refractivity contribution is 6.30. The van der Waals surface area contributed by atoms with Crippen LogP contribution in [0.1, 0.15) is 17.3 Å². The van der Waals surface area contributed by atoms with E-state index in [1.165, 1.54) is 6.33 Å². The van der Waals surface area contributed by atoms with Crippen molar-refractivity contribution in [1.29, 1.82) is 0 Å². The van der Waals surface area contributed by atoms with Gasteiger partial charge in [0, 0.05) is 10.7 Å². The number of benzene rings is 2. The molecule has 3 rings (SSSR count). The van der Waals surface area contributed by atoms with E-state index in [4.69, 9.17) is 16.3 Å². The van der Waals surface area contributed by atoms with Crippen LogP contribution in [-0.4, -0.2) is 27.5 Å². The van der Waals surface area contributed by atoms with Crippen molar-refractivity contribution in [3.63, 3.8) is 0 Å². The molecule has 0 saturated carbocycles. The van der Waals surface area contributed by atoms with Crippen LogP contribution in [0.3, 0.4) is 0 Å². The monoisotopic (exact) mass is 413 g/mol. The number of nitrogens with zero attached hydrogens (tertiary/aromatic N) is 3. The molecule has 3 aromatic rings. The Labute approximate surface area is 170 Å². The molecule has 0 radical (unpaired) electrons. The lowest BCUT2D eigenvalue weighted by atomic mass is 10.2. The normalized spacial score (nSPS) is 10.3. The van der Waals surface area contributed by atoms with E-state index in [-0.39, 0.29) is 29.5 Å². The summed E-state index contributed by atoms with van der Waals surface area (Å²) in [4.78, 5) is 31.2. The minimum absolute atomic E-state index is 0.0107. The van der Waals surface area contributed by atoms with Crippen molar-refractivity contribution in [2.45, 2.75) is 6.92 Å². The lowest BCUT2D eigenvalue weighted by Crippen LogP contribution is -2.10. The van der Waals surface area contributed by atoms with Gasteiger partial charge in [0.25, 0.3) is 0 Å². The van der Waals surface area contributed by atoms with E-state index >= 15 is 0 Å². The number of carbonyl (C=O) groups is 1. The fourth-order valence-corrected chi connectivity index (χ4v) is 2.64. The van der Waals surface area contributed by atoms with Crippen molar-refractivity contribution >= 4 is 46.3 Å². The van der Waals surface area contributed by atoms with E-state index in [9.17, 15) is 14.9 Å². The Morgan fingerprint density at radius 3 is 2.41 bits per heavy atom. The smallest absolute Gasteiger partial charge is 0.353 e.